The van der Waals surface area contributed by atoms with Crippen LogP contribution in [0.1, 0.15) is 5.56 Å². The number of rotatable bonds is 5. The maximum Gasteiger partial charge on any atom is 0.231 e. The summed E-state index contributed by atoms with van der Waals surface area (Å²) in [7, 11) is -1.60. The van der Waals surface area contributed by atoms with Gasteiger partial charge in [-0.15, -0.1) is 0 Å². The third-order valence-electron chi connectivity index (χ3n) is 4.59. The van der Waals surface area contributed by atoms with E-state index in [2.05, 4.69) is 25.5 Å². The number of aryl methyl sites for hydroxylation is 1. The van der Waals surface area contributed by atoms with Gasteiger partial charge in [-0.3, -0.25) is 5.10 Å². The van der Waals surface area contributed by atoms with Gasteiger partial charge in [0.2, 0.25) is 5.95 Å². The van der Waals surface area contributed by atoms with Crippen LogP contribution in [0.2, 0.25) is 0 Å². The summed E-state index contributed by atoms with van der Waals surface area (Å²) < 4.78 is 37.8. The molecule has 2 N–H and O–H groups in total. The van der Waals surface area contributed by atoms with E-state index in [4.69, 9.17) is 0 Å². The Morgan fingerprint density at radius 2 is 1.97 bits per heavy atom. The molecule has 4 aromatic rings. The van der Waals surface area contributed by atoms with Crippen LogP contribution in [0.5, 0.6) is 0 Å². The van der Waals surface area contributed by atoms with E-state index in [1.807, 2.05) is 13.0 Å². The molecular formula is C20H19FN6O2S. The van der Waals surface area contributed by atoms with Crippen molar-refractivity contribution in [2.24, 2.45) is 0 Å². The lowest BCUT2D eigenvalue weighted by atomic mass is 10.2. The highest BCUT2D eigenvalue weighted by atomic mass is 32.2. The summed E-state index contributed by atoms with van der Waals surface area (Å²) in [5.74, 6) is 0.862. The molecule has 0 aliphatic rings. The lowest BCUT2D eigenvalue weighted by Crippen LogP contribution is -2.14. The van der Waals surface area contributed by atoms with Crippen molar-refractivity contribution in [1.82, 2.24) is 20.2 Å². The Balaban J connectivity index is 1.66. The number of halogens is 1. The predicted molar refractivity (Wildman–Crippen MR) is 114 cm³/mol. The van der Waals surface area contributed by atoms with Gasteiger partial charge in [0, 0.05) is 30.6 Å². The van der Waals surface area contributed by atoms with Gasteiger partial charge >= 0.3 is 0 Å². The average molecular weight is 426 g/mol. The standard InChI is InChI=1S/C20H19FN6O2S/c1-12-9-13(11-14(10-12)30(3,28)29)27(2)20-22-8-7-17(24-20)23-19-15-5-4-6-16(21)18(15)25-26-19/h4-11H,1-3H3,(H2,22,23,24,25,26). The van der Waals surface area contributed by atoms with Crippen LogP contribution < -0.4 is 10.2 Å². The fourth-order valence-corrected chi connectivity index (χ4v) is 3.79. The molecule has 0 bridgehead atoms. The second-order valence-electron chi connectivity index (χ2n) is 6.94. The molecule has 2 aromatic carbocycles. The molecule has 0 saturated carbocycles. The molecule has 10 heteroatoms. The van der Waals surface area contributed by atoms with E-state index in [-0.39, 0.29) is 4.90 Å². The summed E-state index contributed by atoms with van der Waals surface area (Å²) in [4.78, 5) is 10.7. The van der Waals surface area contributed by atoms with Gasteiger partial charge in [0.25, 0.3) is 0 Å². The van der Waals surface area contributed by atoms with Crippen molar-refractivity contribution in [2.45, 2.75) is 11.8 Å². The first-order valence-corrected chi connectivity index (χ1v) is 10.9. The highest BCUT2D eigenvalue weighted by Crippen LogP contribution is 2.28. The topological polar surface area (TPSA) is 104 Å². The highest BCUT2D eigenvalue weighted by Gasteiger charge is 2.15. The summed E-state index contributed by atoms with van der Waals surface area (Å²) in [6.45, 7) is 1.83. The number of nitrogens with one attached hydrogen (secondary N) is 2. The zero-order valence-electron chi connectivity index (χ0n) is 16.5. The minimum absolute atomic E-state index is 0.226. The zero-order chi connectivity index (χ0) is 21.5. The lowest BCUT2D eigenvalue weighted by molar-refractivity contribution is 0.602. The number of sulfone groups is 1. The molecular weight excluding hydrogens is 407 g/mol. The number of nitrogens with zero attached hydrogens (tertiary/aromatic N) is 4. The van der Waals surface area contributed by atoms with Crippen LogP contribution in [0.3, 0.4) is 0 Å². The largest absolute Gasteiger partial charge is 0.323 e. The number of anilines is 4. The number of aromatic nitrogens is 4. The Morgan fingerprint density at radius 3 is 2.73 bits per heavy atom. The first-order valence-electron chi connectivity index (χ1n) is 9.00. The molecule has 0 amide bonds. The van der Waals surface area contributed by atoms with Crippen LogP contribution in [0.25, 0.3) is 10.9 Å². The van der Waals surface area contributed by atoms with Crippen molar-refractivity contribution in [3.05, 3.63) is 60.0 Å². The number of hydrogen-bond acceptors (Lipinski definition) is 7. The molecule has 0 radical (unpaired) electrons. The highest BCUT2D eigenvalue weighted by molar-refractivity contribution is 7.90. The zero-order valence-corrected chi connectivity index (χ0v) is 17.3. The molecule has 8 nitrogen and oxygen atoms in total. The fourth-order valence-electron chi connectivity index (χ4n) is 3.05. The van der Waals surface area contributed by atoms with E-state index < -0.39 is 15.7 Å². The third-order valence-corrected chi connectivity index (χ3v) is 5.68. The molecule has 4 rings (SSSR count). The summed E-state index contributed by atoms with van der Waals surface area (Å²) in [6.07, 6.45) is 2.74. The van der Waals surface area contributed by atoms with Crippen LogP contribution in [0, 0.1) is 12.7 Å². The summed E-state index contributed by atoms with van der Waals surface area (Å²) in [5.41, 5.74) is 1.75. The lowest BCUT2D eigenvalue weighted by Gasteiger charge is -2.19. The van der Waals surface area contributed by atoms with E-state index in [9.17, 15) is 12.8 Å². The fraction of sp³-hybridized carbons (Fsp3) is 0.150. The van der Waals surface area contributed by atoms with Gasteiger partial charge in [-0.1, -0.05) is 6.07 Å². The smallest absolute Gasteiger partial charge is 0.231 e. The van der Waals surface area contributed by atoms with Crippen LogP contribution in [0.4, 0.5) is 27.7 Å². The molecule has 0 aliphatic heterocycles. The third kappa shape index (κ3) is 3.81. The number of aromatic amines is 1. The normalized spacial score (nSPS) is 11.6. The van der Waals surface area contributed by atoms with Gasteiger partial charge in [-0.05, 0) is 48.9 Å². The summed E-state index contributed by atoms with van der Waals surface area (Å²) >= 11 is 0. The van der Waals surface area contributed by atoms with Gasteiger partial charge in [0.05, 0.1) is 4.90 Å². The maximum atomic E-state index is 13.9. The number of fused-ring (bicyclic) bond motifs is 1. The van der Waals surface area contributed by atoms with Crippen molar-refractivity contribution >= 4 is 44.0 Å². The van der Waals surface area contributed by atoms with E-state index in [1.54, 1.807) is 48.5 Å². The van der Waals surface area contributed by atoms with Crippen molar-refractivity contribution < 1.29 is 12.8 Å². The van der Waals surface area contributed by atoms with Gasteiger partial charge in [0.15, 0.2) is 15.7 Å². The Bertz CT molecular complexity index is 1350. The second-order valence-corrected chi connectivity index (χ2v) is 8.95. The Hall–Kier alpha value is -3.53. The molecule has 30 heavy (non-hydrogen) atoms. The van der Waals surface area contributed by atoms with E-state index >= 15 is 0 Å². The average Bonchev–Trinajstić information content (AvgIpc) is 3.11. The van der Waals surface area contributed by atoms with Crippen molar-refractivity contribution in [3.8, 4) is 0 Å². The maximum absolute atomic E-state index is 13.9. The van der Waals surface area contributed by atoms with E-state index in [0.717, 1.165) is 5.56 Å². The minimum Gasteiger partial charge on any atom is -0.323 e. The molecule has 154 valence electrons. The predicted octanol–water partition coefficient (Wildman–Crippen LogP) is 3.72. The first-order chi connectivity index (χ1) is 14.2. The Labute approximate surface area is 172 Å². The van der Waals surface area contributed by atoms with Crippen molar-refractivity contribution in [1.29, 1.82) is 0 Å². The molecule has 0 fully saturated rings. The van der Waals surface area contributed by atoms with Crippen molar-refractivity contribution in [2.75, 3.05) is 23.5 Å². The number of para-hydroxylation sites is 1. The molecule has 0 unspecified atom stereocenters. The SMILES string of the molecule is Cc1cc(N(C)c2nccc(Nc3n[nH]c4c(F)cccc34)n2)cc(S(C)(=O)=O)c1. The van der Waals surface area contributed by atoms with Gasteiger partial charge in [-0.2, -0.15) is 10.1 Å². The van der Waals surface area contributed by atoms with E-state index in [1.165, 1.54) is 12.3 Å². The van der Waals surface area contributed by atoms with Crippen LogP contribution in [0.15, 0.2) is 53.6 Å². The minimum atomic E-state index is -3.35. The monoisotopic (exact) mass is 426 g/mol. The Kier molecular flexibility index (Phi) is 4.86. The number of H-pyrrole nitrogens is 1. The molecule has 2 heterocycles. The van der Waals surface area contributed by atoms with Crippen LogP contribution in [-0.4, -0.2) is 41.9 Å². The summed E-state index contributed by atoms with van der Waals surface area (Å²) in [5, 5.41) is 10.4. The molecule has 0 aliphatic carbocycles. The van der Waals surface area contributed by atoms with Crippen molar-refractivity contribution in [3.63, 3.8) is 0 Å². The van der Waals surface area contributed by atoms with E-state index in [0.29, 0.717) is 34.2 Å². The summed E-state index contributed by atoms with van der Waals surface area (Å²) in [6, 6.07) is 11.4. The number of benzene rings is 2. The molecule has 0 atom stereocenters. The Morgan fingerprint density at radius 1 is 1.17 bits per heavy atom. The quantitative estimate of drug-likeness (QED) is 0.501. The van der Waals surface area contributed by atoms with Gasteiger partial charge in [-0.25, -0.2) is 17.8 Å². The van der Waals surface area contributed by atoms with Gasteiger partial charge < -0.3 is 10.2 Å². The molecule has 2 aromatic heterocycles. The van der Waals surface area contributed by atoms with Gasteiger partial charge in [0.1, 0.15) is 17.2 Å². The van der Waals surface area contributed by atoms with Crippen LogP contribution in [-0.2, 0) is 9.84 Å². The van der Waals surface area contributed by atoms with Crippen LogP contribution >= 0.6 is 0 Å². The first kappa shape index (κ1) is 19.8. The second kappa shape index (κ2) is 7.38. The molecule has 0 saturated heterocycles. The number of hydrogen-bond donors (Lipinski definition) is 2. The molecule has 0 spiro atoms.